The first-order valence-corrected chi connectivity index (χ1v) is 9.41. The molecule has 4 rings (SSSR count). The van der Waals surface area contributed by atoms with E-state index in [9.17, 15) is 0 Å². The van der Waals surface area contributed by atoms with Crippen molar-refractivity contribution < 1.29 is 4.42 Å². The summed E-state index contributed by atoms with van der Waals surface area (Å²) in [7, 11) is 4.03. The van der Waals surface area contributed by atoms with Gasteiger partial charge in [-0.2, -0.15) is 0 Å². The lowest BCUT2D eigenvalue weighted by Crippen LogP contribution is -2.47. The van der Waals surface area contributed by atoms with Crippen molar-refractivity contribution in [1.82, 2.24) is 19.9 Å². The summed E-state index contributed by atoms with van der Waals surface area (Å²) in [6.45, 7) is 7.04. The zero-order valence-corrected chi connectivity index (χ0v) is 16.2. The van der Waals surface area contributed by atoms with Gasteiger partial charge < -0.3 is 14.2 Å². The van der Waals surface area contributed by atoms with Gasteiger partial charge in [0.2, 0.25) is 0 Å². The number of hydrogen-bond acceptors (Lipinski definition) is 7. The van der Waals surface area contributed by atoms with Crippen molar-refractivity contribution >= 4 is 22.4 Å². The molecule has 7 nitrogen and oxygen atoms in total. The molecule has 1 aromatic carbocycles. The highest BCUT2D eigenvalue weighted by Gasteiger charge is 2.18. The van der Waals surface area contributed by atoms with Crippen LogP contribution in [0.4, 0.5) is 11.5 Å². The molecule has 0 unspecified atom stereocenters. The molecule has 1 aliphatic rings. The summed E-state index contributed by atoms with van der Waals surface area (Å²) < 4.78 is 5.57. The molecule has 1 saturated heterocycles. The van der Waals surface area contributed by atoms with Crippen LogP contribution in [0.5, 0.6) is 0 Å². The first kappa shape index (κ1) is 17.7. The molecule has 1 fully saturated rings. The summed E-state index contributed by atoms with van der Waals surface area (Å²) in [5, 5.41) is 1.10. The number of fused-ring (bicyclic) bond motifs is 1. The number of hydrogen-bond donors (Lipinski definition) is 0. The Balaban J connectivity index is 1.41. The fourth-order valence-electron chi connectivity index (χ4n) is 3.60. The maximum atomic E-state index is 5.57. The van der Waals surface area contributed by atoms with Gasteiger partial charge in [-0.05, 0) is 18.2 Å². The van der Waals surface area contributed by atoms with Gasteiger partial charge in [-0.1, -0.05) is 0 Å². The second kappa shape index (κ2) is 7.52. The number of nitrogens with zero attached hydrogens (tertiary/aromatic N) is 6. The number of aryl methyl sites for hydroxylation is 1. The normalized spacial score (nSPS) is 15.4. The van der Waals surface area contributed by atoms with Crippen LogP contribution in [-0.2, 0) is 6.42 Å². The fourth-order valence-corrected chi connectivity index (χ4v) is 3.60. The van der Waals surface area contributed by atoms with Gasteiger partial charge in [-0.15, -0.1) is 0 Å². The van der Waals surface area contributed by atoms with Gasteiger partial charge in [0.25, 0.3) is 0 Å². The smallest absolute Gasteiger partial charge is 0.191 e. The van der Waals surface area contributed by atoms with E-state index in [1.165, 1.54) is 5.69 Å². The monoisotopic (exact) mass is 366 g/mol. The van der Waals surface area contributed by atoms with Crippen LogP contribution in [0.2, 0.25) is 0 Å². The Bertz CT molecular complexity index is 914. The Hall–Kier alpha value is -2.67. The third-order valence-corrected chi connectivity index (χ3v) is 5.10. The number of aromatic nitrogens is 3. The standard InChI is InChI=1S/C20H26N6O/c1-15-21-13-17(27-15)6-7-25-8-10-26(11-9-25)16-4-5-19-18(12-16)20(24(2)3)23-14-22-19/h4-5,12-14H,6-11H2,1-3H3. The zero-order chi connectivity index (χ0) is 18.8. The van der Waals surface area contributed by atoms with Gasteiger partial charge in [0.05, 0.1) is 11.7 Å². The lowest BCUT2D eigenvalue weighted by molar-refractivity contribution is 0.255. The molecule has 0 aliphatic carbocycles. The van der Waals surface area contributed by atoms with Crippen molar-refractivity contribution in [3.63, 3.8) is 0 Å². The highest BCUT2D eigenvalue weighted by molar-refractivity contribution is 5.91. The highest BCUT2D eigenvalue weighted by atomic mass is 16.3. The summed E-state index contributed by atoms with van der Waals surface area (Å²) in [6.07, 6.45) is 4.39. The number of oxazole rings is 1. The largest absolute Gasteiger partial charge is 0.446 e. The van der Waals surface area contributed by atoms with Gasteiger partial charge in [0, 0.05) is 71.2 Å². The third kappa shape index (κ3) is 3.88. The predicted octanol–water partition coefficient (Wildman–Crippen LogP) is 2.36. The van der Waals surface area contributed by atoms with Crippen LogP contribution in [0.3, 0.4) is 0 Å². The molecule has 0 amide bonds. The molecular weight excluding hydrogens is 340 g/mol. The molecule has 0 bridgehead atoms. The lowest BCUT2D eigenvalue weighted by Gasteiger charge is -2.36. The van der Waals surface area contributed by atoms with Crippen molar-refractivity contribution in [3.8, 4) is 0 Å². The molecule has 0 spiro atoms. The molecule has 27 heavy (non-hydrogen) atoms. The number of rotatable bonds is 5. The van der Waals surface area contributed by atoms with Crippen LogP contribution in [0, 0.1) is 6.92 Å². The van der Waals surface area contributed by atoms with Crippen LogP contribution in [0.15, 0.2) is 35.1 Å². The summed E-state index contributed by atoms with van der Waals surface area (Å²) in [4.78, 5) is 20.0. The van der Waals surface area contributed by atoms with Crippen molar-refractivity contribution in [2.24, 2.45) is 0 Å². The van der Waals surface area contributed by atoms with Crippen LogP contribution in [0.25, 0.3) is 10.9 Å². The number of anilines is 2. The quantitative estimate of drug-likeness (QED) is 0.687. The Morgan fingerprint density at radius 3 is 2.59 bits per heavy atom. The lowest BCUT2D eigenvalue weighted by atomic mass is 10.1. The van der Waals surface area contributed by atoms with E-state index in [2.05, 4.69) is 43.0 Å². The minimum atomic E-state index is 0.743. The molecule has 1 aliphatic heterocycles. The van der Waals surface area contributed by atoms with Crippen molar-refractivity contribution in [2.75, 3.05) is 56.6 Å². The van der Waals surface area contributed by atoms with Gasteiger partial charge in [0.15, 0.2) is 5.89 Å². The average molecular weight is 366 g/mol. The molecule has 0 saturated carbocycles. The zero-order valence-electron chi connectivity index (χ0n) is 16.2. The maximum Gasteiger partial charge on any atom is 0.191 e. The molecule has 2 aromatic heterocycles. The molecular formula is C20H26N6O. The maximum absolute atomic E-state index is 5.57. The van der Waals surface area contributed by atoms with Gasteiger partial charge in [0.1, 0.15) is 17.9 Å². The van der Waals surface area contributed by atoms with Crippen molar-refractivity contribution in [1.29, 1.82) is 0 Å². The Labute approximate surface area is 159 Å². The minimum Gasteiger partial charge on any atom is -0.446 e. The van der Waals surface area contributed by atoms with Crippen LogP contribution < -0.4 is 9.80 Å². The summed E-state index contributed by atoms with van der Waals surface area (Å²) in [5.74, 6) is 2.68. The molecule has 0 atom stereocenters. The molecule has 3 aromatic rings. The average Bonchev–Trinajstić information content (AvgIpc) is 3.11. The molecule has 7 heteroatoms. The minimum absolute atomic E-state index is 0.743. The third-order valence-electron chi connectivity index (χ3n) is 5.10. The van der Waals surface area contributed by atoms with Gasteiger partial charge in [-0.25, -0.2) is 15.0 Å². The Morgan fingerprint density at radius 2 is 1.89 bits per heavy atom. The summed E-state index contributed by atoms with van der Waals surface area (Å²) in [6, 6.07) is 6.48. The SMILES string of the molecule is Cc1ncc(CCN2CCN(c3ccc4ncnc(N(C)C)c4c3)CC2)o1. The summed E-state index contributed by atoms with van der Waals surface area (Å²) >= 11 is 0. The van der Waals surface area contributed by atoms with Crippen LogP contribution in [-0.4, -0.2) is 66.7 Å². The second-order valence-corrected chi connectivity index (χ2v) is 7.22. The van der Waals surface area contributed by atoms with E-state index < -0.39 is 0 Å². The van der Waals surface area contributed by atoms with E-state index in [1.807, 2.05) is 32.1 Å². The van der Waals surface area contributed by atoms with E-state index in [0.717, 1.165) is 67.5 Å². The highest BCUT2D eigenvalue weighted by Crippen LogP contribution is 2.27. The van der Waals surface area contributed by atoms with Crippen LogP contribution >= 0.6 is 0 Å². The van der Waals surface area contributed by atoms with Gasteiger partial charge >= 0.3 is 0 Å². The first-order chi connectivity index (χ1) is 13.1. The summed E-state index contributed by atoms with van der Waals surface area (Å²) in [5.41, 5.74) is 2.23. The second-order valence-electron chi connectivity index (χ2n) is 7.22. The Kier molecular flexibility index (Phi) is 4.94. The first-order valence-electron chi connectivity index (χ1n) is 9.41. The van der Waals surface area contributed by atoms with E-state index >= 15 is 0 Å². The molecule has 142 valence electrons. The van der Waals surface area contributed by atoms with Gasteiger partial charge in [-0.3, -0.25) is 4.90 Å². The predicted molar refractivity (Wildman–Crippen MR) is 107 cm³/mol. The van der Waals surface area contributed by atoms with Crippen LogP contribution in [0.1, 0.15) is 11.7 Å². The molecule has 0 N–H and O–H groups in total. The van der Waals surface area contributed by atoms with E-state index in [4.69, 9.17) is 4.42 Å². The van der Waals surface area contributed by atoms with E-state index in [-0.39, 0.29) is 0 Å². The molecule has 0 radical (unpaired) electrons. The fraction of sp³-hybridized carbons (Fsp3) is 0.450. The van der Waals surface area contributed by atoms with E-state index in [0.29, 0.717) is 0 Å². The Morgan fingerprint density at radius 1 is 1.07 bits per heavy atom. The molecule has 3 heterocycles. The van der Waals surface area contributed by atoms with Crippen molar-refractivity contribution in [2.45, 2.75) is 13.3 Å². The number of piperazine rings is 1. The van der Waals surface area contributed by atoms with E-state index in [1.54, 1.807) is 6.33 Å². The van der Waals surface area contributed by atoms with Crippen molar-refractivity contribution in [3.05, 3.63) is 42.4 Å². The topological polar surface area (TPSA) is 61.5 Å². The number of benzene rings is 1.